The Hall–Kier alpha value is -2.00. The Morgan fingerprint density at radius 1 is 1.17 bits per heavy atom. The average molecular weight is 262 g/mol. The van der Waals surface area contributed by atoms with Crippen LogP contribution in [0, 0.1) is 0 Å². The number of ether oxygens (including phenoxy) is 1. The molecule has 2 aromatic rings. The number of rotatable bonds is 3. The van der Waals surface area contributed by atoms with E-state index >= 15 is 0 Å². The topological polar surface area (TPSA) is 52.3 Å². The first-order valence-electron chi connectivity index (χ1n) is 5.35. The van der Waals surface area contributed by atoms with Gasteiger partial charge in [-0.25, -0.2) is 0 Å². The molecule has 0 aromatic heterocycles. The molecule has 0 amide bonds. The molecule has 0 saturated heterocycles. The standard InChI is InChI=1S/C14H12ClNO2/c1-18-13-8-11(16)6-7-12(13)14(17)9-2-4-10(15)5-3-9/h2-8H,16H2,1H3. The van der Waals surface area contributed by atoms with Crippen LogP contribution in [-0.4, -0.2) is 12.9 Å². The molecule has 92 valence electrons. The van der Waals surface area contributed by atoms with Gasteiger partial charge in [-0.05, 0) is 36.4 Å². The van der Waals surface area contributed by atoms with Gasteiger partial charge in [0.25, 0.3) is 0 Å². The van der Waals surface area contributed by atoms with Crippen molar-refractivity contribution in [3.8, 4) is 5.75 Å². The minimum atomic E-state index is -0.122. The van der Waals surface area contributed by atoms with Crippen molar-refractivity contribution in [2.24, 2.45) is 0 Å². The van der Waals surface area contributed by atoms with Crippen LogP contribution in [0.3, 0.4) is 0 Å². The van der Waals surface area contributed by atoms with Gasteiger partial charge in [-0.1, -0.05) is 11.6 Å². The fourth-order valence-electron chi connectivity index (χ4n) is 1.65. The van der Waals surface area contributed by atoms with Gasteiger partial charge in [-0.2, -0.15) is 0 Å². The SMILES string of the molecule is COc1cc(N)ccc1C(=O)c1ccc(Cl)cc1. The molecule has 2 rings (SSSR count). The molecule has 0 aliphatic rings. The summed E-state index contributed by atoms with van der Waals surface area (Å²) in [5.74, 6) is 0.346. The first-order valence-corrected chi connectivity index (χ1v) is 5.73. The van der Waals surface area contributed by atoms with Crippen molar-refractivity contribution in [3.05, 3.63) is 58.6 Å². The predicted octanol–water partition coefficient (Wildman–Crippen LogP) is 3.16. The Bertz CT molecular complexity index is 579. The number of hydrogen-bond donors (Lipinski definition) is 1. The van der Waals surface area contributed by atoms with Crippen LogP contribution in [0.15, 0.2) is 42.5 Å². The zero-order valence-electron chi connectivity index (χ0n) is 9.81. The smallest absolute Gasteiger partial charge is 0.196 e. The van der Waals surface area contributed by atoms with E-state index in [0.717, 1.165) is 0 Å². The second kappa shape index (κ2) is 5.10. The number of nitrogens with two attached hydrogens (primary N) is 1. The second-order valence-corrected chi connectivity index (χ2v) is 4.23. The summed E-state index contributed by atoms with van der Waals surface area (Å²) in [4.78, 5) is 12.3. The maximum absolute atomic E-state index is 12.3. The zero-order chi connectivity index (χ0) is 13.1. The van der Waals surface area contributed by atoms with Gasteiger partial charge in [0.2, 0.25) is 0 Å². The molecule has 4 heteroatoms. The van der Waals surface area contributed by atoms with E-state index < -0.39 is 0 Å². The van der Waals surface area contributed by atoms with Crippen LogP contribution in [0.4, 0.5) is 5.69 Å². The lowest BCUT2D eigenvalue weighted by Gasteiger charge is -2.08. The van der Waals surface area contributed by atoms with E-state index in [4.69, 9.17) is 22.1 Å². The number of halogens is 1. The Labute approximate surface area is 110 Å². The second-order valence-electron chi connectivity index (χ2n) is 3.80. The largest absolute Gasteiger partial charge is 0.496 e. The van der Waals surface area contributed by atoms with Crippen LogP contribution in [0.25, 0.3) is 0 Å². The van der Waals surface area contributed by atoms with Crippen LogP contribution in [0.5, 0.6) is 5.75 Å². The molecule has 0 spiro atoms. The minimum Gasteiger partial charge on any atom is -0.496 e. The van der Waals surface area contributed by atoms with Crippen LogP contribution in [0.2, 0.25) is 5.02 Å². The van der Waals surface area contributed by atoms with E-state index in [1.165, 1.54) is 7.11 Å². The summed E-state index contributed by atoms with van der Waals surface area (Å²) in [5, 5.41) is 0.593. The van der Waals surface area contributed by atoms with Crippen LogP contribution < -0.4 is 10.5 Å². The molecular formula is C14H12ClNO2. The quantitative estimate of drug-likeness (QED) is 0.682. The Morgan fingerprint density at radius 2 is 1.83 bits per heavy atom. The molecule has 0 fully saturated rings. The van der Waals surface area contributed by atoms with Gasteiger partial charge in [0.05, 0.1) is 12.7 Å². The third-order valence-corrected chi connectivity index (χ3v) is 2.83. The van der Waals surface area contributed by atoms with E-state index in [1.807, 2.05) is 0 Å². The molecule has 0 aliphatic carbocycles. The Balaban J connectivity index is 2.42. The minimum absolute atomic E-state index is 0.122. The van der Waals surface area contributed by atoms with Gasteiger partial charge in [0, 0.05) is 22.3 Å². The lowest BCUT2D eigenvalue weighted by molar-refractivity contribution is 0.103. The van der Waals surface area contributed by atoms with Gasteiger partial charge < -0.3 is 10.5 Å². The predicted molar refractivity (Wildman–Crippen MR) is 72.3 cm³/mol. The number of hydrogen-bond acceptors (Lipinski definition) is 3. The fourth-order valence-corrected chi connectivity index (χ4v) is 1.78. The third kappa shape index (κ3) is 2.46. The first-order chi connectivity index (χ1) is 8.61. The number of carbonyl (C=O) groups is 1. The fraction of sp³-hybridized carbons (Fsp3) is 0.0714. The van der Waals surface area contributed by atoms with Crippen LogP contribution in [0.1, 0.15) is 15.9 Å². The molecule has 2 aromatic carbocycles. The van der Waals surface area contributed by atoms with Crippen molar-refractivity contribution < 1.29 is 9.53 Å². The van der Waals surface area contributed by atoms with E-state index in [9.17, 15) is 4.79 Å². The lowest BCUT2D eigenvalue weighted by atomic mass is 10.0. The summed E-state index contributed by atoms with van der Waals surface area (Å²) in [6.07, 6.45) is 0. The number of methoxy groups -OCH3 is 1. The molecule has 0 unspecified atom stereocenters. The summed E-state index contributed by atoms with van der Waals surface area (Å²) >= 11 is 5.79. The molecule has 2 N–H and O–H groups in total. The maximum atomic E-state index is 12.3. The van der Waals surface area contributed by atoms with Gasteiger partial charge >= 0.3 is 0 Å². The van der Waals surface area contributed by atoms with Crippen molar-refractivity contribution in [3.63, 3.8) is 0 Å². The highest BCUT2D eigenvalue weighted by molar-refractivity contribution is 6.30. The normalized spacial score (nSPS) is 10.1. The third-order valence-electron chi connectivity index (χ3n) is 2.58. The van der Waals surface area contributed by atoms with Gasteiger partial charge in [-0.3, -0.25) is 4.79 Å². The number of ketones is 1. The summed E-state index contributed by atoms with van der Waals surface area (Å²) in [6.45, 7) is 0. The van der Waals surface area contributed by atoms with Gasteiger partial charge in [-0.15, -0.1) is 0 Å². The number of carbonyl (C=O) groups excluding carboxylic acids is 1. The number of benzene rings is 2. The van der Waals surface area contributed by atoms with Crippen LogP contribution in [-0.2, 0) is 0 Å². The molecule has 0 saturated carbocycles. The van der Waals surface area contributed by atoms with Gasteiger partial charge in [0.1, 0.15) is 5.75 Å². The van der Waals surface area contributed by atoms with E-state index in [2.05, 4.69) is 0 Å². The first kappa shape index (κ1) is 12.5. The number of nitrogen functional groups attached to an aromatic ring is 1. The van der Waals surface area contributed by atoms with Gasteiger partial charge in [0.15, 0.2) is 5.78 Å². The van der Waals surface area contributed by atoms with Crippen molar-refractivity contribution in [1.29, 1.82) is 0 Å². The number of anilines is 1. The highest BCUT2D eigenvalue weighted by Crippen LogP contribution is 2.24. The van der Waals surface area contributed by atoms with E-state index in [0.29, 0.717) is 27.6 Å². The molecule has 0 bridgehead atoms. The zero-order valence-corrected chi connectivity index (χ0v) is 10.6. The van der Waals surface area contributed by atoms with Crippen LogP contribution >= 0.6 is 11.6 Å². The van der Waals surface area contributed by atoms with E-state index in [-0.39, 0.29) is 5.78 Å². The molecule has 0 heterocycles. The lowest BCUT2D eigenvalue weighted by Crippen LogP contribution is -2.04. The molecule has 0 radical (unpaired) electrons. The molecule has 0 aliphatic heterocycles. The average Bonchev–Trinajstić information content (AvgIpc) is 2.38. The Morgan fingerprint density at radius 3 is 2.44 bits per heavy atom. The summed E-state index contributed by atoms with van der Waals surface area (Å²) in [6, 6.07) is 11.7. The highest BCUT2D eigenvalue weighted by Gasteiger charge is 2.14. The summed E-state index contributed by atoms with van der Waals surface area (Å²) in [7, 11) is 1.51. The molecule has 18 heavy (non-hydrogen) atoms. The summed E-state index contributed by atoms with van der Waals surface area (Å²) in [5.41, 5.74) is 7.25. The molecule has 3 nitrogen and oxygen atoms in total. The molecular weight excluding hydrogens is 250 g/mol. The monoisotopic (exact) mass is 261 g/mol. The highest BCUT2D eigenvalue weighted by atomic mass is 35.5. The maximum Gasteiger partial charge on any atom is 0.196 e. The summed E-state index contributed by atoms with van der Waals surface area (Å²) < 4.78 is 5.17. The molecule has 0 atom stereocenters. The van der Waals surface area contributed by atoms with Crippen molar-refractivity contribution in [2.45, 2.75) is 0 Å². The van der Waals surface area contributed by atoms with Crippen molar-refractivity contribution in [1.82, 2.24) is 0 Å². The van der Waals surface area contributed by atoms with Crippen molar-refractivity contribution >= 4 is 23.1 Å². The Kier molecular flexibility index (Phi) is 3.53. The van der Waals surface area contributed by atoms with Crippen molar-refractivity contribution in [2.75, 3.05) is 12.8 Å². The van der Waals surface area contributed by atoms with E-state index in [1.54, 1.807) is 42.5 Å².